The second-order valence-electron chi connectivity index (χ2n) is 5.92. The molecular weight excluding hydrogens is 433 g/mol. The Morgan fingerprint density at radius 1 is 1.07 bits per heavy atom. The van der Waals surface area contributed by atoms with E-state index >= 15 is 0 Å². The van der Waals surface area contributed by atoms with Crippen molar-refractivity contribution >= 4 is 52.7 Å². The SMILES string of the molecule is CCOC(=O)c1c(SCc2ccc(Cl)cc2)nn(C(=O)c2ccc(Cl)cc2)c1N. The van der Waals surface area contributed by atoms with Crippen LogP contribution in [0, 0.1) is 0 Å². The van der Waals surface area contributed by atoms with E-state index in [4.69, 9.17) is 33.7 Å². The van der Waals surface area contributed by atoms with Gasteiger partial charge < -0.3 is 10.5 Å². The average Bonchev–Trinajstić information content (AvgIpc) is 3.04. The van der Waals surface area contributed by atoms with Crippen LogP contribution in [0.4, 0.5) is 5.82 Å². The molecule has 3 aromatic rings. The monoisotopic (exact) mass is 449 g/mol. The maximum atomic E-state index is 12.8. The Kier molecular flexibility index (Phi) is 6.84. The van der Waals surface area contributed by atoms with Gasteiger partial charge in [-0.2, -0.15) is 9.78 Å². The van der Waals surface area contributed by atoms with Gasteiger partial charge in [0.05, 0.1) is 6.61 Å². The zero-order valence-electron chi connectivity index (χ0n) is 15.4. The average molecular weight is 450 g/mol. The number of rotatable bonds is 6. The minimum atomic E-state index is -0.626. The molecule has 2 aromatic carbocycles. The highest BCUT2D eigenvalue weighted by Crippen LogP contribution is 2.30. The lowest BCUT2D eigenvalue weighted by Crippen LogP contribution is -2.17. The van der Waals surface area contributed by atoms with Gasteiger partial charge in [0.15, 0.2) is 0 Å². The van der Waals surface area contributed by atoms with Crippen molar-refractivity contribution < 1.29 is 14.3 Å². The second-order valence-corrected chi connectivity index (χ2v) is 7.76. The van der Waals surface area contributed by atoms with E-state index in [1.165, 1.54) is 11.8 Å². The normalized spacial score (nSPS) is 10.7. The van der Waals surface area contributed by atoms with Crippen molar-refractivity contribution in [1.29, 1.82) is 0 Å². The second kappa shape index (κ2) is 9.35. The van der Waals surface area contributed by atoms with E-state index in [0.29, 0.717) is 26.4 Å². The van der Waals surface area contributed by atoms with Gasteiger partial charge in [0, 0.05) is 21.4 Å². The highest BCUT2D eigenvalue weighted by Gasteiger charge is 2.27. The fourth-order valence-electron chi connectivity index (χ4n) is 2.51. The van der Waals surface area contributed by atoms with Gasteiger partial charge in [-0.05, 0) is 48.9 Å². The van der Waals surface area contributed by atoms with Gasteiger partial charge in [-0.1, -0.05) is 47.1 Å². The molecule has 6 nitrogen and oxygen atoms in total. The molecule has 0 atom stereocenters. The molecule has 0 spiro atoms. The number of anilines is 1. The molecule has 0 unspecified atom stereocenters. The smallest absolute Gasteiger partial charge is 0.344 e. The molecule has 29 heavy (non-hydrogen) atoms. The standard InChI is InChI=1S/C20H17Cl2N3O3S/c1-2-28-20(27)16-17(23)25(19(26)13-5-9-15(22)10-6-13)24-18(16)29-11-12-3-7-14(21)8-4-12/h3-10H,2,11,23H2,1H3. The van der Waals surface area contributed by atoms with Crippen LogP contribution in [0.25, 0.3) is 0 Å². The van der Waals surface area contributed by atoms with Crippen molar-refractivity contribution in [2.45, 2.75) is 17.7 Å². The van der Waals surface area contributed by atoms with Crippen molar-refractivity contribution in [2.24, 2.45) is 0 Å². The van der Waals surface area contributed by atoms with Crippen LogP contribution < -0.4 is 5.73 Å². The van der Waals surface area contributed by atoms with Crippen molar-refractivity contribution in [3.63, 3.8) is 0 Å². The summed E-state index contributed by atoms with van der Waals surface area (Å²) in [4.78, 5) is 25.3. The van der Waals surface area contributed by atoms with Crippen LogP contribution >= 0.6 is 35.0 Å². The van der Waals surface area contributed by atoms with Crippen molar-refractivity contribution in [1.82, 2.24) is 9.78 Å². The molecule has 3 rings (SSSR count). The quantitative estimate of drug-likeness (QED) is 0.423. The number of hydrogen-bond acceptors (Lipinski definition) is 6. The van der Waals surface area contributed by atoms with Crippen molar-refractivity contribution in [3.05, 3.63) is 75.3 Å². The minimum Gasteiger partial charge on any atom is -0.462 e. The Morgan fingerprint density at radius 2 is 1.66 bits per heavy atom. The van der Waals surface area contributed by atoms with Gasteiger partial charge >= 0.3 is 5.97 Å². The number of benzene rings is 2. The van der Waals surface area contributed by atoms with Gasteiger partial charge in [-0.15, -0.1) is 0 Å². The summed E-state index contributed by atoms with van der Waals surface area (Å²) in [7, 11) is 0. The summed E-state index contributed by atoms with van der Waals surface area (Å²) in [5, 5.41) is 5.74. The van der Waals surface area contributed by atoms with Crippen LogP contribution in [0.2, 0.25) is 10.0 Å². The summed E-state index contributed by atoms with van der Waals surface area (Å²) < 4.78 is 6.11. The number of halogens is 2. The number of nitrogens with zero attached hydrogens (tertiary/aromatic N) is 2. The fourth-order valence-corrected chi connectivity index (χ4v) is 3.73. The van der Waals surface area contributed by atoms with E-state index < -0.39 is 11.9 Å². The molecule has 0 fully saturated rings. The summed E-state index contributed by atoms with van der Waals surface area (Å²) in [6.07, 6.45) is 0. The molecule has 0 aliphatic rings. The molecule has 150 valence electrons. The van der Waals surface area contributed by atoms with Crippen molar-refractivity contribution in [3.8, 4) is 0 Å². The zero-order chi connectivity index (χ0) is 21.0. The van der Waals surface area contributed by atoms with Crippen LogP contribution in [-0.4, -0.2) is 28.3 Å². The number of nitrogens with two attached hydrogens (primary N) is 1. The third-order valence-corrected chi connectivity index (χ3v) is 5.48. The molecule has 0 saturated heterocycles. The van der Waals surface area contributed by atoms with Crippen LogP contribution in [0.1, 0.15) is 33.2 Å². The third-order valence-electron chi connectivity index (χ3n) is 3.94. The van der Waals surface area contributed by atoms with Gasteiger partial charge in [0.1, 0.15) is 16.4 Å². The van der Waals surface area contributed by atoms with E-state index in [9.17, 15) is 9.59 Å². The first-order chi connectivity index (χ1) is 13.9. The number of nitrogen functional groups attached to an aromatic ring is 1. The molecule has 0 bridgehead atoms. The molecule has 0 aliphatic heterocycles. The van der Waals surface area contributed by atoms with E-state index in [1.807, 2.05) is 12.1 Å². The highest BCUT2D eigenvalue weighted by molar-refractivity contribution is 7.98. The van der Waals surface area contributed by atoms with Crippen LogP contribution in [0.15, 0.2) is 53.6 Å². The Morgan fingerprint density at radius 3 is 2.24 bits per heavy atom. The first-order valence-electron chi connectivity index (χ1n) is 8.63. The third kappa shape index (κ3) is 4.93. The summed E-state index contributed by atoms with van der Waals surface area (Å²) in [5.74, 6) is -0.654. The number of esters is 1. The number of carbonyl (C=O) groups is 2. The summed E-state index contributed by atoms with van der Waals surface area (Å²) in [5.41, 5.74) is 7.51. The van der Waals surface area contributed by atoms with Gasteiger partial charge in [0.25, 0.3) is 5.91 Å². The van der Waals surface area contributed by atoms with E-state index in [2.05, 4.69) is 5.10 Å². The maximum Gasteiger partial charge on any atom is 0.344 e. The lowest BCUT2D eigenvalue weighted by molar-refractivity contribution is 0.0523. The molecule has 0 aliphatic carbocycles. The molecule has 1 heterocycles. The molecule has 0 saturated carbocycles. The minimum absolute atomic E-state index is 0.0676. The Balaban J connectivity index is 1.94. The van der Waals surface area contributed by atoms with Gasteiger partial charge in [0.2, 0.25) is 0 Å². The summed E-state index contributed by atoms with van der Waals surface area (Å²) >= 11 is 13.1. The van der Waals surface area contributed by atoms with Crippen LogP contribution in [0.5, 0.6) is 0 Å². The molecular formula is C20H17Cl2N3O3S. The first-order valence-corrected chi connectivity index (χ1v) is 10.4. The Bertz CT molecular complexity index is 1030. The number of hydrogen-bond donors (Lipinski definition) is 1. The molecule has 0 radical (unpaired) electrons. The largest absolute Gasteiger partial charge is 0.462 e. The van der Waals surface area contributed by atoms with E-state index in [1.54, 1.807) is 43.3 Å². The number of ether oxygens (including phenoxy) is 1. The Hall–Kier alpha value is -2.48. The fraction of sp³-hybridized carbons (Fsp3) is 0.150. The summed E-state index contributed by atoms with van der Waals surface area (Å²) in [6, 6.07) is 13.6. The summed E-state index contributed by atoms with van der Waals surface area (Å²) in [6.45, 7) is 1.87. The van der Waals surface area contributed by atoms with Crippen molar-refractivity contribution in [2.75, 3.05) is 12.3 Å². The predicted octanol–water partition coefficient (Wildman–Crippen LogP) is 4.93. The predicted molar refractivity (Wildman–Crippen MR) is 115 cm³/mol. The lowest BCUT2D eigenvalue weighted by atomic mass is 10.2. The number of thioether (sulfide) groups is 1. The topological polar surface area (TPSA) is 87.2 Å². The molecule has 9 heteroatoms. The first kappa shape index (κ1) is 21.2. The number of carbonyl (C=O) groups excluding carboxylic acids is 2. The number of aromatic nitrogens is 2. The molecule has 0 amide bonds. The van der Waals surface area contributed by atoms with E-state index in [-0.39, 0.29) is 18.0 Å². The van der Waals surface area contributed by atoms with Gasteiger partial charge in [-0.3, -0.25) is 4.79 Å². The Labute approximate surface area is 181 Å². The van der Waals surface area contributed by atoms with Crippen LogP contribution in [-0.2, 0) is 10.5 Å². The molecule has 2 N–H and O–H groups in total. The highest BCUT2D eigenvalue weighted by atomic mass is 35.5. The zero-order valence-corrected chi connectivity index (χ0v) is 17.7. The lowest BCUT2D eigenvalue weighted by Gasteiger charge is -2.04. The van der Waals surface area contributed by atoms with E-state index in [0.717, 1.165) is 10.2 Å². The maximum absolute atomic E-state index is 12.8. The van der Waals surface area contributed by atoms with Gasteiger partial charge in [-0.25, -0.2) is 4.79 Å². The molecule has 1 aromatic heterocycles. The van der Waals surface area contributed by atoms with Crippen LogP contribution in [0.3, 0.4) is 0 Å².